The molecule has 0 radical (unpaired) electrons. The molecule has 5 heteroatoms. The van der Waals surface area contributed by atoms with E-state index in [2.05, 4.69) is 9.05 Å². The molecule has 0 saturated heterocycles. The van der Waals surface area contributed by atoms with Gasteiger partial charge in [-0.3, -0.25) is 0 Å². The first-order valence-electron chi connectivity index (χ1n) is 2.78. The smallest absolute Gasteiger partial charge is 0.319 e. The van der Waals surface area contributed by atoms with Gasteiger partial charge in [-0.2, -0.15) is 0 Å². The van der Waals surface area contributed by atoms with E-state index in [0.29, 0.717) is 13.2 Å². The molecular formula is C4H12NO3P. The quantitative estimate of drug-likeness (QED) is 0.602. The van der Waals surface area contributed by atoms with E-state index >= 15 is 0 Å². The predicted molar refractivity (Wildman–Crippen MR) is 35.1 cm³/mol. The molecule has 2 N–H and O–H groups in total. The van der Waals surface area contributed by atoms with Crippen LogP contribution in [0, 0.1) is 5.16 Å². The summed E-state index contributed by atoms with van der Waals surface area (Å²) in [5.74, 6) is 0. The molecule has 0 aliphatic heterocycles. The molecule has 0 amide bonds. The first-order chi connectivity index (χ1) is 4.12. The van der Waals surface area contributed by atoms with E-state index < -0.39 is 7.74 Å². The van der Waals surface area contributed by atoms with Crippen LogP contribution in [0.5, 0.6) is 0 Å². The van der Waals surface area contributed by atoms with Crippen LogP contribution >= 0.6 is 7.74 Å². The molecule has 0 saturated carbocycles. The average molecular weight is 153 g/mol. The maximum Gasteiger partial charge on any atom is 0.349 e. The molecule has 0 bridgehead atoms. The molecule has 0 spiro atoms. The highest BCUT2D eigenvalue weighted by Gasteiger charge is 2.11. The van der Waals surface area contributed by atoms with Gasteiger partial charge < -0.3 is 13.9 Å². The van der Waals surface area contributed by atoms with Crippen LogP contribution in [0.15, 0.2) is 0 Å². The number of rotatable bonds is 4. The van der Waals surface area contributed by atoms with Crippen LogP contribution in [0.1, 0.15) is 13.8 Å². The van der Waals surface area contributed by atoms with Gasteiger partial charge in [0.1, 0.15) is 0 Å². The highest BCUT2D eigenvalue weighted by atomic mass is 31.2. The van der Waals surface area contributed by atoms with Crippen molar-refractivity contribution in [3.63, 3.8) is 0 Å². The number of hydrogen-bond acceptors (Lipinski definition) is 3. The fraction of sp³-hybridized carbons (Fsp3) is 1.00. The normalized spacial score (nSPS) is 11.9. The molecule has 4 nitrogen and oxygen atoms in total. The number of hydrogen-bond donors (Lipinski definition) is 2. The summed E-state index contributed by atoms with van der Waals surface area (Å²) < 4.78 is 9.16. The third-order valence-corrected chi connectivity index (χ3v) is 1.82. The third kappa shape index (κ3) is 4.60. The maximum absolute atomic E-state index is 8.85. The van der Waals surface area contributed by atoms with Gasteiger partial charge in [-0.25, -0.2) is 5.16 Å². The van der Waals surface area contributed by atoms with E-state index in [-0.39, 0.29) is 0 Å². The third-order valence-electron chi connectivity index (χ3n) is 0.608. The van der Waals surface area contributed by atoms with Crippen molar-refractivity contribution in [2.45, 2.75) is 13.8 Å². The van der Waals surface area contributed by atoms with Gasteiger partial charge in [0.2, 0.25) is 0 Å². The Labute approximate surface area is 54.9 Å². The lowest BCUT2D eigenvalue weighted by Crippen LogP contribution is -1.92. The Hall–Kier alpha value is 0.110. The zero-order chi connectivity index (χ0) is 7.33. The summed E-state index contributed by atoms with van der Waals surface area (Å²) >= 11 is 0. The topological polar surface area (TPSA) is 62.5 Å². The average Bonchev–Trinajstić information content (AvgIpc) is 1.64. The summed E-state index contributed by atoms with van der Waals surface area (Å²) in [5.41, 5.74) is 0. The molecule has 0 heterocycles. The Balaban J connectivity index is 3.58. The van der Waals surface area contributed by atoms with Crippen molar-refractivity contribution in [3.8, 4) is 0 Å². The van der Waals surface area contributed by atoms with Gasteiger partial charge in [0.25, 0.3) is 0 Å². The summed E-state index contributed by atoms with van der Waals surface area (Å²) in [7, 11) is -3.19. The first-order valence-corrected chi connectivity index (χ1v) is 4.36. The Morgan fingerprint density at radius 3 is 1.89 bits per heavy atom. The van der Waals surface area contributed by atoms with Crippen LogP contribution in [0.2, 0.25) is 0 Å². The molecule has 0 unspecified atom stereocenters. The van der Waals surface area contributed by atoms with Gasteiger partial charge in [-0.1, -0.05) is 0 Å². The second-order valence-electron chi connectivity index (χ2n) is 1.36. The highest BCUT2D eigenvalue weighted by Crippen LogP contribution is 2.43. The van der Waals surface area contributed by atoms with Crippen molar-refractivity contribution in [1.29, 1.82) is 5.16 Å². The molecule has 9 heavy (non-hydrogen) atoms. The predicted octanol–water partition coefficient (Wildman–Crippen LogP) is 1.58. The van der Waals surface area contributed by atoms with Gasteiger partial charge >= 0.3 is 7.74 Å². The Morgan fingerprint density at radius 1 is 1.33 bits per heavy atom. The largest absolute Gasteiger partial charge is 0.349 e. The fourth-order valence-electron chi connectivity index (χ4n) is 0.387. The van der Waals surface area contributed by atoms with Gasteiger partial charge in [0, 0.05) is 0 Å². The van der Waals surface area contributed by atoms with Crippen LogP contribution in [-0.4, -0.2) is 18.1 Å². The van der Waals surface area contributed by atoms with Gasteiger partial charge in [0.15, 0.2) is 0 Å². The molecule has 0 aromatic rings. The van der Waals surface area contributed by atoms with Crippen molar-refractivity contribution in [1.82, 2.24) is 0 Å². The molecule has 0 fully saturated rings. The lowest BCUT2D eigenvalue weighted by atomic mass is 10.9. The molecule has 0 aliphatic rings. The molecular weight excluding hydrogens is 141 g/mol. The van der Waals surface area contributed by atoms with E-state index in [1.165, 1.54) is 0 Å². The van der Waals surface area contributed by atoms with E-state index in [4.69, 9.17) is 10.1 Å². The zero-order valence-electron chi connectivity index (χ0n) is 5.63. The maximum atomic E-state index is 8.85. The molecule has 0 aromatic heterocycles. The first kappa shape index (κ1) is 9.11. The summed E-state index contributed by atoms with van der Waals surface area (Å²) in [6.07, 6.45) is 0. The summed E-state index contributed by atoms with van der Waals surface area (Å²) in [6.45, 7) is 4.04. The number of nitrogens with one attached hydrogen (secondary N) is 1. The van der Waals surface area contributed by atoms with E-state index in [1.54, 1.807) is 13.8 Å². The summed E-state index contributed by atoms with van der Waals surface area (Å²) in [4.78, 5) is 8.85. The second-order valence-corrected chi connectivity index (χ2v) is 2.91. The fourth-order valence-corrected chi connectivity index (χ4v) is 1.16. The van der Waals surface area contributed by atoms with Crippen molar-refractivity contribution < 1.29 is 13.9 Å². The van der Waals surface area contributed by atoms with E-state index in [1.807, 2.05) is 0 Å². The minimum atomic E-state index is -3.19. The zero-order valence-corrected chi connectivity index (χ0v) is 6.52. The minimum Gasteiger partial charge on any atom is -0.319 e. The van der Waals surface area contributed by atoms with Crippen molar-refractivity contribution in [2.24, 2.45) is 0 Å². The van der Waals surface area contributed by atoms with E-state index in [0.717, 1.165) is 0 Å². The molecule has 0 atom stereocenters. The van der Waals surface area contributed by atoms with Crippen molar-refractivity contribution >= 4 is 7.74 Å². The van der Waals surface area contributed by atoms with Gasteiger partial charge in [-0.05, 0) is 13.8 Å². The Morgan fingerprint density at radius 2 is 1.67 bits per heavy atom. The van der Waals surface area contributed by atoms with Crippen LogP contribution < -0.4 is 0 Å². The van der Waals surface area contributed by atoms with Crippen LogP contribution in [0.25, 0.3) is 0 Å². The molecule has 0 aliphatic carbocycles. The monoisotopic (exact) mass is 153 g/mol. The SMILES string of the molecule is CCOP(=N)(O)OCC. The Bertz CT molecular complexity index is 106. The lowest BCUT2D eigenvalue weighted by Gasteiger charge is -2.11. The summed E-state index contributed by atoms with van der Waals surface area (Å²) in [5, 5.41) is 6.95. The summed E-state index contributed by atoms with van der Waals surface area (Å²) in [6, 6.07) is 0. The van der Waals surface area contributed by atoms with Crippen LogP contribution in [0.3, 0.4) is 0 Å². The molecule has 0 rings (SSSR count). The standard InChI is InChI=1S/C4H12NO3P/c1-3-7-9(5,6)8-4-2/h3-4H2,1-2H3,(H2,5,6). The highest BCUT2D eigenvalue weighted by molar-refractivity contribution is 7.48. The second kappa shape index (κ2) is 4.01. The van der Waals surface area contributed by atoms with E-state index in [9.17, 15) is 0 Å². The molecule has 56 valence electrons. The van der Waals surface area contributed by atoms with Crippen molar-refractivity contribution in [2.75, 3.05) is 13.2 Å². The van der Waals surface area contributed by atoms with Crippen LogP contribution in [-0.2, 0) is 9.05 Å². The van der Waals surface area contributed by atoms with Gasteiger partial charge in [0.05, 0.1) is 13.2 Å². The molecule has 0 aromatic carbocycles. The Kier molecular flexibility index (Phi) is 4.06. The lowest BCUT2D eigenvalue weighted by molar-refractivity contribution is 0.199. The van der Waals surface area contributed by atoms with Crippen LogP contribution in [0.4, 0.5) is 0 Å². The minimum absolute atomic E-state index is 0.313. The van der Waals surface area contributed by atoms with Gasteiger partial charge in [-0.15, -0.1) is 0 Å². The van der Waals surface area contributed by atoms with Crippen molar-refractivity contribution in [3.05, 3.63) is 0 Å².